The van der Waals surface area contributed by atoms with Gasteiger partial charge in [-0.05, 0) is 82.9 Å². The van der Waals surface area contributed by atoms with E-state index in [-0.39, 0.29) is 86.0 Å². The molecule has 2 aromatic heterocycles. The highest BCUT2D eigenvalue weighted by atomic mass is 35.5. The van der Waals surface area contributed by atoms with Crippen molar-refractivity contribution in [1.29, 1.82) is 0 Å². The molecule has 2 aliphatic rings. The number of likely N-dealkylation sites (N-methyl/N-ethyl adjacent to an activating group) is 1. The molecule has 378 valence electrons. The molecule has 0 spiro atoms. The number of Topliss-reactive ketones (excluding diaryl/α,β-unsaturated/α-hetero) is 1. The van der Waals surface area contributed by atoms with Gasteiger partial charge in [0, 0.05) is 88.2 Å². The monoisotopic (exact) mass is 998 g/mol. The lowest BCUT2D eigenvalue weighted by Gasteiger charge is -2.32. The fourth-order valence-corrected chi connectivity index (χ4v) is 8.99. The minimum atomic E-state index is -0.935. The fourth-order valence-electron chi connectivity index (χ4n) is 8.99. The highest BCUT2D eigenvalue weighted by Crippen LogP contribution is 2.27. The van der Waals surface area contributed by atoms with Crippen LogP contribution in [0, 0.1) is 35.5 Å². The molecule has 0 unspecified atom stereocenters. The van der Waals surface area contributed by atoms with Crippen molar-refractivity contribution in [2.45, 2.75) is 135 Å². The molecule has 0 saturated carbocycles. The van der Waals surface area contributed by atoms with Crippen LogP contribution in [0.5, 0.6) is 0 Å². The average molecular weight is 1000 g/mol. The molecule has 14 nitrogen and oxygen atoms in total. The van der Waals surface area contributed by atoms with Gasteiger partial charge >= 0.3 is 0 Å². The van der Waals surface area contributed by atoms with Crippen molar-refractivity contribution in [1.82, 2.24) is 39.5 Å². The number of amides is 3. The number of ketones is 1. The van der Waals surface area contributed by atoms with Crippen LogP contribution in [0.1, 0.15) is 95.9 Å². The summed E-state index contributed by atoms with van der Waals surface area (Å²) in [5.41, 5.74) is 2.34. The lowest BCUT2D eigenvalue weighted by molar-refractivity contribution is -0.144. The van der Waals surface area contributed by atoms with Gasteiger partial charge in [-0.3, -0.25) is 19.2 Å². The van der Waals surface area contributed by atoms with Gasteiger partial charge in [0.1, 0.15) is 36.7 Å². The van der Waals surface area contributed by atoms with E-state index in [0.717, 1.165) is 42.9 Å². The number of likely N-dealkylation sites (tertiary alicyclic amines) is 2. The molecule has 0 radical (unpaired) electrons. The minimum absolute atomic E-state index is 0. The van der Waals surface area contributed by atoms with Crippen molar-refractivity contribution in [3.63, 3.8) is 0 Å². The molecule has 0 bridgehead atoms. The Kier molecular flexibility index (Phi) is 23.7. The Hall–Kier alpha value is -5.48. The van der Waals surface area contributed by atoms with E-state index in [1.54, 1.807) is 27.1 Å². The number of aromatic nitrogens is 4. The Balaban J connectivity index is 0.00000533. The van der Waals surface area contributed by atoms with Gasteiger partial charge < -0.3 is 39.0 Å². The zero-order valence-electron chi connectivity index (χ0n) is 41.6. The Bertz CT molecular complexity index is 2230. The number of rotatable bonds is 23. The summed E-state index contributed by atoms with van der Waals surface area (Å²) in [6, 6.07) is 18.9. The van der Waals surface area contributed by atoms with E-state index >= 15 is 0 Å². The van der Waals surface area contributed by atoms with Gasteiger partial charge in [0.05, 0.1) is 24.2 Å². The first-order valence-electron chi connectivity index (χ1n) is 24.3. The number of benzene rings is 2. The largest absolute Gasteiger partial charge is 0.365 e. The number of ether oxygens (including phenoxy) is 2. The van der Waals surface area contributed by atoms with Crippen molar-refractivity contribution in [2.24, 2.45) is 11.8 Å². The van der Waals surface area contributed by atoms with Crippen LogP contribution in [-0.2, 0) is 54.6 Å². The van der Waals surface area contributed by atoms with Gasteiger partial charge in [-0.15, -0.1) is 24.8 Å². The van der Waals surface area contributed by atoms with Crippen LogP contribution in [0.2, 0.25) is 0 Å². The first kappa shape index (κ1) is 57.1. The summed E-state index contributed by atoms with van der Waals surface area (Å²) in [7, 11) is 1.70. The summed E-state index contributed by atoms with van der Waals surface area (Å²) in [4.78, 5) is 68.2. The Morgan fingerprint density at radius 3 is 1.69 bits per heavy atom. The van der Waals surface area contributed by atoms with Crippen LogP contribution >= 0.6 is 24.8 Å². The van der Waals surface area contributed by atoms with Gasteiger partial charge in [-0.2, -0.15) is 0 Å². The summed E-state index contributed by atoms with van der Waals surface area (Å²) in [5, 5.41) is 5.89. The molecule has 2 aliphatic heterocycles. The normalized spacial score (nSPS) is 17.8. The van der Waals surface area contributed by atoms with Crippen LogP contribution < -0.4 is 10.6 Å². The molecular formula is C54H72Cl2N8O6. The number of hydrogen-bond acceptors (Lipinski definition) is 9. The smallest absolute Gasteiger partial charge is 0.248 e. The van der Waals surface area contributed by atoms with E-state index in [1.165, 1.54) is 5.56 Å². The number of carbonyl (C=O) groups excluding carboxylic acids is 4. The first-order valence-corrected chi connectivity index (χ1v) is 24.3. The van der Waals surface area contributed by atoms with Crippen molar-refractivity contribution in [3.05, 3.63) is 108 Å². The maximum Gasteiger partial charge on any atom is 0.248 e. The summed E-state index contributed by atoms with van der Waals surface area (Å²) in [6.07, 6.45) is 11.9. The average Bonchev–Trinajstić information content (AvgIpc) is 4.20. The van der Waals surface area contributed by atoms with Gasteiger partial charge in [-0.25, -0.2) is 9.97 Å². The molecular weight excluding hydrogens is 928 g/mol. The molecule has 3 amide bonds. The molecule has 2 fully saturated rings. The van der Waals surface area contributed by atoms with Crippen molar-refractivity contribution < 1.29 is 28.7 Å². The molecule has 8 atom stereocenters. The molecule has 16 heteroatoms. The molecule has 70 heavy (non-hydrogen) atoms. The third kappa shape index (κ3) is 16.0. The van der Waals surface area contributed by atoms with Crippen molar-refractivity contribution >= 4 is 48.3 Å². The summed E-state index contributed by atoms with van der Waals surface area (Å²) < 4.78 is 16.5. The summed E-state index contributed by atoms with van der Waals surface area (Å²) in [5.74, 6) is 12.0. The van der Waals surface area contributed by atoms with E-state index in [2.05, 4.69) is 77.7 Å². The lowest BCUT2D eigenvalue weighted by atomic mass is 9.89. The van der Waals surface area contributed by atoms with Crippen LogP contribution in [0.3, 0.4) is 0 Å². The number of imidazole rings is 2. The standard InChI is InChI=1S/C54H70N8O6.2ClH/c1-7-39(2)48(63)36-47(53(65)61-28-18-24-45(61)37-59-30-26-56-49(59)34-43-20-12-10-13-21-43)41(4)67-32-16-8-9-17-33-68-42(5)51(58-52(64)40(3)55-6)54(66)62-29-19-25-46(62)38-60-31-27-57-50(60)35-44-22-14-11-15-23-44;;/h10-15,20-23,26-27,30-31,39-42,45-47,51,55H,7,18-19,24-25,28-29,32-38H2,1-6H3,(H,58,64);2*1H/t39-,40+,41-,42-,45+,46+,47+,51+;;/m1../s1. The van der Waals surface area contributed by atoms with Crippen molar-refractivity contribution in [3.8, 4) is 23.7 Å². The second-order valence-electron chi connectivity index (χ2n) is 18.2. The third-order valence-corrected chi connectivity index (χ3v) is 13.6. The summed E-state index contributed by atoms with van der Waals surface area (Å²) in [6.45, 7) is 11.7. The maximum absolute atomic E-state index is 14.4. The Labute approximate surface area is 427 Å². The highest BCUT2D eigenvalue weighted by molar-refractivity contribution is 5.90. The number of nitrogens with zero attached hydrogens (tertiary/aromatic N) is 6. The third-order valence-electron chi connectivity index (χ3n) is 13.6. The first-order chi connectivity index (χ1) is 33.0. The Morgan fingerprint density at radius 1 is 0.714 bits per heavy atom. The predicted molar refractivity (Wildman–Crippen MR) is 276 cm³/mol. The molecule has 2 aromatic carbocycles. The zero-order chi connectivity index (χ0) is 48.4. The van der Waals surface area contributed by atoms with Gasteiger partial charge in [0.25, 0.3) is 0 Å². The van der Waals surface area contributed by atoms with E-state index in [0.29, 0.717) is 45.4 Å². The van der Waals surface area contributed by atoms with E-state index in [1.807, 2.05) is 85.6 Å². The maximum atomic E-state index is 14.4. The number of halogens is 2. The van der Waals surface area contributed by atoms with Gasteiger partial charge in [0.2, 0.25) is 17.7 Å². The van der Waals surface area contributed by atoms with E-state index < -0.39 is 30.2 Å². The predicted octanol–water partition coefficient (Wildman–Crippen LogP) is 6.32. The molecule has 2 N–H and O–H groups in total. The molecule has 0 aliphatic carbocycles. The summed E-state index contributed by atoms with van der Waals surface area (Å²) >= 11 is 0. The van der Waals surface area contributed by atoms with Crippen molar-refractivity contribution in [2.75, 3.05) is 33.4 Å². The molecule has 6 rings (SSSR count). The SMILES string of the molecule is CC[C@@H](C)C(=O)C[C@H](C(=O)N1CCC[C@H]1Cn1ccnc1Cc1ccccc1)[C@@H](C)OCC#CC#CCO[C@H](C)[C@H](NC(=O)[C@H](C)NC)C(=O)N1CCC[C@H]1Cn1ccnc1Cc1ccccc1.Cl.Cl. The molecule has 2 saturated heterocycles. The van der Waals surface area contributed by atoms with Crippen LogP contribution in [0.25, 0.3) is 0 Å². The number of carbonyl (C=O) groups is 4. The van der Waals surface area contributed by atoms with Crippen LogP contribution in [0.15, 0.2) is 85.5 Å². The second kappa shape index (κ2) is 29.0. The van der Waals surface area contributed by atoms with Crippen LogP contribution in [0.4, 0.5) is 0 Å². The lowest BCUT2D eigenvalue weighted by Crippen LogP contribution is -2.58. The van der Waals surface area contributed by atoms with Gasteiger partial charge in [0.15, 0.2) is 0 Å². The quantitative estimate of drug-likeness (QED) is 0.0814. The van der Waals surface area contributed by atoms with E-state index in [9.17, 15) is 19.2 Å². The molecule has 4 heterocycles. The second-order valence-corrected chi connectivity index (χ2v) is 18.2. The number of hydrogen-bond donors (Lipinski definition) is 2. The number of nitrogens with one attached hydrogen (secondary N) is 2. The van der Waals surface area contributed by atoms with Crippen LogP contribution in [-0.4, -0.2) is 122 Å². The van der Waals surface area contributed by atoms with Gasteiger partial charge in [-0.1, -0.05) is 86.4 Å². The minimum Gasteiger partial charge on any atom is -0.365 e. The Morgan fingerprint density at radius 2 is 1.20 bits per heavy atom. The fraction of sp³-hybridized carbons (Fsp3) is 0.519. The topological polar surface area (TPSA) is 153 Å². The van der Waals surface area contributed by atoms with E-state index in [4.69, 9.17) is 9.47 Å². The molecule has 4 aromatic rings. The highest BCUT2D eigenvalue weighted by Gasteiger charge is 2.39. The zero-order valence-corrected chi connectivity index (χ0v) is 43.2.